The number of allylic oxidation sites excluding steroid dienone is 3. The Hall–Kier alpha value is -1.05. The first-order valence-electron chi connectivity index (χ1n) is 4.25. The van der Waals surface area contributed by atoms with Crippen LogP contribution in [0.4, 0.5) is 0 Å². The number of aliphatic carboxylic acids is 1. The zero-order valence-corrected chi connectivity index (χ0v) is 7.92. The number of carbonyl (C=O) groups is 1. The summed E-state index contributed by atoms with van der Waals surface area (Å²) in [5.41, 5.74) is 1.45. The molecule has 12 heavy (non-hydrogen) atoms. The van der Waals surface area contributed by atoms with E-state index in [1.54, 1.807) is 0 Å². The summed E-state index contributed by atoms with van der Waals surface area (Å²) >= 11 is 0. The molecule has 0 aromatic carbocycles. The number of carboxylic acids is 1. The summed E-state index contributed by atoms with van der Waals surface area (Å²) in [5.74, 6) is -0.799. The molecule has 0 rings (SSSR count). The average Bonchev–Trinajstić information content (AvgIpc) is 2.03. The van der Waals surface area contributed by atoms with Gasteiger partial charge in [0.15, 0.2) is 0 Å². The molecular weight excluding hydrogens is 152 g/mol. The fraction of sp³-hybridized carbons (Fsp3) is 0.500. The van der Waals surface area contributed by atoms with Crippen molar-refractivity contribution >= 4 is 5.97 Å². The first-order valence-corrected chi connectivity index (χ1v) is 4.25. The van der Waals surface area contributed by atoms with Crippen LogP contribution in [0.3, 0.4) is 0 Å². The van der Waals surface area contributed by atoms with Crippen LogP contribution in [0, 0.1) is 0 Å². The maximum Gasteiger partial charge on any atom is 0.331 e. The van der Waals surface area contributed by atoms with Crippen molar-refractivity contribution in [2.45, 2.75) is 33.6 Å². The lowest BCUT2D eigenvalue weighted by Gasteiger charge is -2.03. The Kier molecular flexibility index (Phi) is 5.09. The van der Waals surface area contributed by atoms with E-state index < -0.39 is 5.97 Å². The predicted molar refractivity (Wildman–Crippen MR) is 50.1 cm³/mol. The van der Waals surface area contributed by atoms with Gasteiger partial charge in [-0.15, -0.1) is 0 Å². The highest BCUT2D eigenvalue weighted by Gasteiger charge is 2.07. The van der Waals surface area contributed by atoms with Gasteiger partial charge in [0.25, 0.3) is 0 Å². The Morgan fingerprint density at radius 2 is 1.92 bits per heavy atom. The minimum absolute atomic E-state index is 0.524. The lowest BCUT2D eigenvalue weighted by atomic mass is 10.0. The molecule has 0 bridgehead atoms. The largest absolute Gasteiger partial charge is 0.478 e. The quantitative estimate of drug-likeness (QED) is 0.517. The van der Waals surface area contributed by atoms with E-state index >= 15 is 0 Å². The summed E-state index contributed by atoms with van der Waals surface area (Å²) in [6.45, 7) is 5.72. The molecule has 0 aromatic rings. The third kappa shape index (κ3) is 2.91. The maximum atomic E-state index is 10.7. The van der Waals surface area contributed by atoms with Crippen LogP contribution >= 0.6 is 0 Å². The van der Waals surface area contributed by atoms with Gasteiger partial charge in [-0.25, -0.2) is 4.79 Å². The van der Waals surface area contributed by atoms with Crippen molar-refractivity contribution in [3.05, 3.63) is 23.3 Å². The van der Waals surface area contributed by atoms with Crippen LogP contribution in [0.15, 0.2) is 23.3 Å². The minimum Gasteiger partial charge on any atom is -0.478 e. The van der Waals surface area contributed by atoms with Gasteiger partial charge in [0.2, 0.25) is 0 Å². The topological polar surface area (TPSA) is 37.3 Å². The van der Waals surface area contributed by atoms with Gasteiger partial charge in [0, 0.05) is 5.57 Å². The third-order valence-corrected chi connectivity index (χ3v) is 1.75. The van der Waals surface area contributed by atoms with Crippen LogP contribution < -0.4 is 0 Å². The van der Waals surface area contributed by atoms with Crippen LogP contribution in [0.2, 0.25) is 0 Å². The molecular formula is C10H16O2. The zero-order valence-electron chi connectivity index (χ0n) is 7.92. The standard InChI is InChI=1S/C10H16O2/c1-4-7-8(5-2)9(6-3)10(11)12/h4,7H,5-6H2,1-3H3,(H,11,12). The second-order valence-corrected chi connectivity index (χ2v) is 2.52. The molecule has 0 spiro atoms. The Labute approximate surface area is 73.6 Å². The van der Waals surface area contributed by atoms with E-state index in [-0.39, 0.29) is 0 Å². The van der Waals surface area contributed by atoms with Gasteiger partial charge in [0.05, 0.1) is 0 Å². The summed E-state index contributed by atoms with van der Waals surface area (Å²) in [5, 5.41) is 8.81. The van der Waals surface area contributed by atoms with Crippen molar-refractivity contribution in [3.63, 3.8) is 0 Å². The molecule has 68 valence electrons. The van der Waals surface area contributed by atoms with Gasteiger partial charge in [0.1, 0.15) is 0 Å². The summed E-state index contributed by atoms with van der Waals surface area (Å²) in [6, 6.07) is 0. The SMILES string of the molecule is CC=CC(CC)=C(CC)C(=O)O. The number of hydrogen-bond acceptors (Lipinski definition) is 1. The van der Waals surface area contributed by atoms with E-state index in [0.717, 1.165) is 12.0 Å². The smallest absolute Gasteiger partial charge is 0.331 e. The molecule has 0 saturated heterocycles. The van der Waals surface area contributed by atoms with Crippen molar-refractivity contribution in [1.29, 1.82) is 0 Å². The lowest BCUT2D eigenvalue weighted by molar-refractivity contribution is -0.132. The van der Waals surface area contributed by atoms with Crippen LogP contribution in [0.1, 0.15) is 33.6 Å². The van der Waals surface area contributed by atoms with Gasteiger partial charge in [-0.3, -0.25) is 0 Å². The van der Waals surface area contributed by atoms with Crippen LogP contribution in [0.5, 0.6) is 0 Å². The summed E-state index contributed by atoms with van der Waals surface area (Å²) in [7, 11) is 0. The fourth-order valence-electron chi connectivity index (χ4n) is 1.15. The second kappa shape index (κ2) is 5.58. The normalized spacial score (nSPS) is 13.2. The summed E-state index contributed by atoms with van der Waals surface area (Å²) in [6.07, 6.45) is 5.10. The van der Waals surface area contributed by atoms with E-state index in [2.05, 4.69) is 0 Å². The van der Waals surface area contributed by atoms with E-state index in [4.69, 9.17) is 5.11 Å². The molecule has 0 unspecified atom stereocenters. The van der Waals surface area contributed by atoms with Gasteiger partial charge >= 0.3 is 5.97 Å². The molecule has 2 heteroatoms. The fourth-order valence-corrected chi connectivity index (χ4v) is 1.15. The molecule has 2 nitrogen and oxygen atoms in total. The molecule has 0 aliphatic heterocycles. The molecule has 0 aliphatic carbocycles. The summed E-state index contributed by atoms with van der Waals surface area (Å²) in [4.78, 5) is 10.7. The van der Waals surface area contributed by atoms with Crippen molar-refractivity contribution in [3.8, 4) is 0 Å². The molecule has 0 heterocycles. The van der Waals surface area contributed by atoms with Crippen LogP contribution in [0.25, 0.3) is 0 Å². The van der Waals surface area contributed by atoms with E-state index in [0.29, 0.717) is 12.0 Å². The molecule has 1 N–H and O–H groups in total. The Morgan fingerprint density at radius 1 is 1.33 bits per heavy atom. The minimum atomic E-state index is -0.799. The van der Waals surface area contributed by atoms with Crippen molar-refractivity contribution in [1.82, 2.24) is 0 Å². The maximum absolute atomic E-state index is 10.7. The van der Waals surface area contributed by atoms with Crippen molar-refractivity contribution in [2.24, 2.45) is 0 Å². The molecule has 0 aliphatic rings. The van der Waals surface area contributed by atoms with E-state index in [1.807, 2.05) is 32.9 Å². The molecule has 0 fully saturated rings. The summed E-state index contributed by atoms with van der Waals surface area (Å²) < 4.78 is 0. The Morgan fingerprint density at radius 3 is 2.17 bits per heavy atom. The highest BCUT2D eigenvalue weighted by molar-refractivity contribution is 5.88. The van der Waals surface area contributed by atoms with Crippen molar-refractivity contribution in [2.75, 3.05) is 0 Å². The Balaban J connectivity index is 4.86. The van der Waals surface area contributed by atoms with Crippen LogP contribution in [-0.4, -0.2) is 11.1 Å². The average molecular weight is 168 g/mol. The number of carboxylic acid groups (broad SMARTS) is 1. The lowest BCUT2D eigenvalue weighted by Crippen LogP contribution is -2.02. The second-order valence-electron chi connectivity index (χ2n) is 2.52. The monoisotopic (exact) mass is 168 g/mol. The Bertz CT molecular complexity index is 212. The first kappa shape index (κ1) is 11.0. The molecule has 0 atom stereocenters. The molecule has 0 radical (unpaired) electrons. The van der Waals surface area contributed by atoms with Gasteiger partial charge in [-0.1, -0.05) is 26.0 Å². The highest BCUT2D eigenvalue weighted by atomic mass is 16.4. The molecule has 0 aromatic heterocycles. The molecule has 0 amide bonds. The van der Waals surface area contributed by atoms with Crippen LogP contribution in [-0.2, 0) is 4.79 Å². The number of rotatable bonds is 4. The van der Waals surface area contributed by atoms with Gasteiger partial charge < -0.3 is 5.11 Å². The van der Waals surface area contributed by atoms with Crippen molar-refractivity contribution < 1.29 is 9.90 Å². The van der Waals surface area contributed by atoms with E-state index in [9.17, 15) is 4.79 Å². The van der Waals surface area contributed by atoms with E-state index in [1.165, 1.54) is 0 Å². The highest BCUT2D eigenvalue weighted by Crippen LogP contribution is 2.13. The predicted octanol–water partition coefficient (Wildman–Crippen LogP) is 2.76. The van der Waals surface area contributed by atoms with Gasteiger partial charge in [-0.2, -0.15) is 0 Å². The zero-order chi connectivity index (χ0) is 9.56. The van der Waals surface area contributed by atoms with Gasteiger partial charge in [-0.05, 0) is 25.3 Å². The number of hydrogen-bond donors (Lipinski definition) is 1. The third-order valence-electron chi connectivity index (χ3n) is 1.75. The first-order chi connectivity index (χ1) is 5.67. The molecule has 0 saturated carbocycles.